The lowest BCUT2D eigenvalue weighted by atomic mass is 10.1. The molecule has 2 aromatic carbocycles. The molecule has 0 aliphatic carbocycles. The number of rotatable bonds is 4. The number of aromatic nitrogens is 2. The first-order chi connectivity index (χ1) is 10.9. The molecular formula is C16H11Cl3N2O2. The molecule has 0 radical (unpaired) electrons. The monoisotopic (exact) mass is 368 g/mol. The average Bonchev–Trinajstić information content (AvgIpc) is 2.80. The van der Waals surface area contributed by atoms with Crippen LogP contribution in [-0.4, -0.2) is 20.6 Å². The van der Waals surface area contributed by atoms with Gasteiger partial charge in [0, 0.05) is 21.5 Å². The van der Waals surface area contributed by atoms with Crippen LogP contribution in [0, 0.1) is 0 Å². The van der Waals surface area contributed by atoms with Crippen LogP contribution in [0.25, 0.3) is 11.0 Å². The predicted molar refractivity (Wildman–Crippen MR) is 91.6 cm³/mol. The maximum Gasteiger partial charge on any atom is 0.323 e. The minimum atomic E-state index is -0.956. The van der Waals surface area contributed by atoms with E-state index in [9.17, 15) is 9.90 Å². The number of imidazole rings is 1. The first kappa shape index (κ1) is 16.1. The van der Waals surface area contributed by atoms with Crippen LogP contribution in [0.5, 0.6) is 0 Å². The van der Waals surface area contributed by atoms with E-state index in [-0.39, 0.29) is 6.54 Å². The maximum absolute atomic E-state index is 11.2. The van der Waals surface area contributed by atoms with E-state index >= 15 is 0 Å². The minimum Gasteiger partial charge on any atom is -0.480 e. The average molecular weight is 370 g/mol. The highest BCUT2D eigenvalue weighted by atomic mass is 35.5. The molecule has 0 fully saturated rings. The Bertz CT molecular complexity index is 906. The van der Waals surface area contributed by atoms with Gasteiger partial charge in [0.05, 0.1) is 11.0 Å². The zero-order chi connectivity index (χ0) is 16.6. The molecule has 0 bridgehead atoms. The van der Waals surface area contributed by atoms with Gasteiger partial charge < -0.3 is 9.67 Å². The van der Waals surface area contributed by atoms with Crippen LogP contribution < -0.4 is 0 Å². The van der Waals surface area contributed by atoms with Crippen molar-refractivity contribution in [3.63, 3.8) is 0 Å². The number of halogens is 3. The Labute approximate surface area is 147 Å². The summed E-state index contributed by atoms with van der Waals surface area (Å²) < 4.78 is 1.63. The van der Waals surface area contributed by atoms with E-state index in [1.807, 2.05) is 0 Å². The van der Waals surface area contributed by atoms with Gasteiger partial charge in [0.25, 0.3) is 0 Å². The van der Waals surface area contributed by atoms with Gasteiger partial charge in [0.15, 0.2) is 0 Å². The summed E-state index contributed by atoms with van der Waals surface area (Å²) in [6, 6.07) is 10.3. The number of hydrogen-bond donors (Lipinski definition) is 1. The number of carboxylic acids is 1. The van der Waals surface area contributed by atoms with Crippen molar-refractivity contribution >= 4 is 51.8 Å². The third-order valence-corrected chi connectivity index (χ3v) is 4.28. The molecule has 0 atom stereocenters. The van der Waals surface area contributed by atoms with Crippen molar-refractivity contribution in [1.29, 1.82) is 0 Å². The van der Waals surface area contributed by atoms with Crippen molar-refractivity contribution in [2.24, 2.45) is 0 Å². The van der Waals surface area contributed by atoms with Gasteiger partial charge in [-0.25, -0.2) is 4.98 Å². The van der Waals surface area contributed by atoms with E-state index in [2.05, 4.69) is 4.98 Å². The Kier molecular flexibility index (Phi) is 4.48. The van der Waals surface area contributed by atoms with E-state index in [1.54, 1.807) is 41.0 Å². The summed E-state index contributed by atoms with van der Waals surface area (Å²) in [7, 11) is 0. The van der Waals surface area contributed by atoms with Crippen LogP contribution in [0.2, 0.25) is 15.1 Å². The number of fused-ring (bicyclic) bond motifs is 1. The third kappa shape index (κ3) is 3.44. The number of carbonyl (C=O) groups is 1. The summed E-state index contributed by atoms with van der Waals surface area (Å²) in [6.45, 7) is -0.204. The molecule has 0 aliphatic heterocycles. The Hall–Kier alpha value is -1.75. The lowest BCUT2D eigenvalue weighted by Gasteiger charge is -2.08. The first-order valence-corrected chi connectivity index (χ1v) is 7.88. The molecule has 7 heteroatoms. The number of aliphatic carboxylic acids is 1. The fourth-order valence-corrected chi connectivity index (χ4v) is 2.99. The first-order valence-electron chi connectivity index (χ1n) is 6.74. The summed E-state index contributed by atoms with van der Waals surface area (Å²) in [6.07, 6.45) is 0.374. The molecule has 0 aliphatic rings. The topological polar surface area (TPSA) is 55.1 Å². The van der Waals surface area contributed by atoms with Crippen LogP contribution in [0.1, 0.15) is 11.4 Å². The van der Waals surface area contributed by atoms with Crippen molar-refractivity contribution in [2.45, 2.75) is 13.0 Å². The fraction of sp³-hybridized carbons (Fsp3) is 0.125. The molecule has 0 spiro atoms. The van der Waals surface area contributed by atoms with Crippen molar-refractivity contribution in [3.05, 3.63) is 62.9 Å². The van der Waals surface area contributed by atoms with Crippen LogP contribution in [0.4, 0.5) is 0 Å². The van der Waals surface area contributed by atoms with Crippen molar-refractivity contribution in [1.82, 2.24) is 9.55 Å². The maximum atomic E-state index is 11.2. The van der Waals surface area contributed by atoms with Gasteiger partial charge in [-0.05, 0) is 42.0 Å². The van der Waals surface area contributed by atoms with Crippen LogP contribution in [0.15, 0.2) is 36.4 Å². The van der Waals surface area contributed by atoms with E-state index in [1.165, 1.54) is 0 Å². The number of nitrogens with zero attached hydrogens (tertiary/aromatic N) is 2. The van der Waals surface area contributed by atoms with Gasteiger partial charge in [-0.2, -0.15) is 0 Å². The van der Waals surface area contributed by atoms with Gasteiger partial charge in [-0.15, -0.1) is 0 Å². The molecule has 1 aromatic heterocycles. The smallest absolute Gasteiger partial charge is 0.323 e. The summed E-state index contributed by atoms with van der Waals surface area (Å²) in [4.78, 5) is 15.7. The zero-order valence-corrected chi connectivity index (χ0v) is 14.0. The second kappa shape index (κ2) is 6.40. The zero-order valence-electron chi connectivity index (χ0n) is 11.8. The van der Waals surface area contributed by atoms with Gasteiger partial charge >= 0.3 is 5.97 Å². The molecule has 3 aromatic rings. The standard InChI is InChI=1S/C16H11Cl3N2O2/c17-10-1-3-12(19)9(5-10)6-15-20-13-4-2-11(18)7-14(13)21(15)8-16(22)23/h1-5,7H,6,8H2,(H,22,23). The number of hydrogen-bond acceptors (Lipinski definition) is 2. The van der Waals surface area contributed by atoms with Gasteiger partial charge in [-0.3, -0.25) is 4.79 Å². The number of benzene rings is 2. The predicted octanol–water partition coefficient (Wildman–Crippen LogP) is 4.67. The van der Waals surface area contributed by atoms with Crippen LogP contribution in [0.3, 0.4) is 0 Å². The molecule has 0 unspecified atom stereocenters. The third-order valence-electron chi connectivity index (χ3n) is 3.44. The molecule has 3 rings (SSSR count). The van der Waals surface area contributed by atoms with E-state index in [0.717, 1.165) is 5.56 Å². The highest BCUT2D eigenvalue weighted by molar-refractivity contribution is 6.33. The largest absolute Gasteiger partial charge is 0.480 e. The lowest BCUT2D eigenvalue weighted by Crippen LogP contribution is -2.12. The fourth-order valence-electron chi connectivity index (χ4n) is 2.44. The highest BCUT2D eigenvalue weighted by Gasteiger charge is 2.15. The Morgan fingerprint density at radius 1 is 1.09 bits per heavy atom. The summed E-state index contributed by atoms with van der Waals surface area (Å²) in [5.74, 6) is -0.364. The molecule has 118 valence electrons. The van der Waals surface area contributed by atoms with Crippen molar-refractivity contribution in [3.8, 4) is 0 Å². The SMILES string of the molecule is O=C(O)Cn1c(Cc2cc(Cl)ccc2Cl)nc2ccc(Cl)cc21. The van der Waals surface area contributed by atoms with Gasteiger partial charge in [0.2, 0.25) is 0 Å². The Morgan fingerprint density at radius 3 is 2.52 bits per heavy atom. The number of carboxylic acid groups (broad SMARTS) is 1. The summed E-state index contributed by atoms with van der Waals surface area (Å²) >= 11 is 18.2. The molecule has 0 saturated carbocycles. The molecular weight excluding hydrogens is 359 g/mol. The molecule has 0 amide bonds. The molecule has 0 saturated heterocycles. The second-order valence-electron chi connectivity index (χ2n) is 5.05. The molecule has 23 heavy (non-hydrogen) atoms. The van der Waals surface area contributed by atoms with Crippen molar-refractivity contribution < 1.29 is 9.90 Å². The van der Waals surface area contributed by atoms with Gasteiger partial charge in [-0.1, -0.05) is 34.8 Å². The minimum absolute atomic E-state index is 0.204. The highest BCUT2D eigenvalue weighted by Crippen LogP contribution is 2.26. The van der Waals surface area contributed by atoms with Crippen LogP contribution in [-0.2, 0) is 17.8 Å². The summed E-state index contributed by atoms with van der Waals surface area (Å²) in [5.41, 5.74) is 2.14. The van der Waals surface area contributed by atoms with E-state index < -0.39 is 5.97 Å². The lowest BCUT2D eigenvalue weighted by molar-refractivity contribution is -0.137. The molecule has 1 heterocycles. The van der Waals surface area contributed by atoms with Crippen LogP contribution >= 0.6 is 34.8 Å². The second-order valence-corrected chi connectivity index (χ2v) is 6.33. The van der Waals surface area contributed by atoms with E-state index in [4.69, 9.17) is 34.8 Å². The molecule has 1 N–H and O–H groups in total. The molecule has 4 nitrogen and oxygen atoms in total. The van der Waals surface area contributed by atoms with E-state index in [0.29, 0.717) is 38.3 Å². The Morgan fingerprint density at radius 2 is 1.78 bits per heavy atom. The van der Waals surface area contributed by atoms with Gasteiger partial charge in [0.1, 0.15) is 12.4 Å². The normalized spacial score (nSPS) is 11.1. The van der Waals surface area contributed by atoms with Crippen molar-refractivity contribution in [2.75, 3.05) is 0 Å². The quantitative estimate of drug-likeness (QED) is 0.727. The summed E-state index contributed by atoms with van der Waals surface area (Å²) in [5, 5.41) is 10.8. The Balaban J connectivity index is 2.12.